The molecule has 1 saturated heterocycles. The standard InChI is InChI=1S/C18H26N2O3/c1-19(15-8-9-15)11-12-20(2)17(21)16-10-13-22-18(23-16)14-6-4-3-5-7-14/h3-7,15-16,18H,8-13H2,1-2H3/t16-,18-/m0/s1. The summed E-state index contributed by atoms with van der Waals surface area (Å²) in [6.07, 6.45) is 2.34. The molecule has 1 aromatic rings. The van der Waals surface area contributed by atoms with Crippen molar-refractivity contribution in [1.82, 2.24) is 9.80 Å². The molecule has 0 unspecified atom stereocenters. The Labute approximate surface area is 138 Å². The molecule has 1 aliphatic carbocycles. The molecule has 126 valence electrons. The van der Waals surface area contributed by atoms with E-state index in [1.807, 2.05) is 37.4 Å². The summed E-state index contributed by atoms with van der Waals surface area (Å²) in [5.41, 5.74) is 0.959. The number of benzene rings is 1. The first-order chi connectivity index (χ1) is 11.1. The Balaban J connectivity index is 1.51. The molecular formula is C18H26N2O3. The highest BCUT2D eigenvalue weighted by Gasteiger charge is 2.32. The Kier molecular flexibility index (Phi) is 5.30. The molecule has 23 heavy (non-hydrogen) atoms. The summed E-state index contributed by atoms with van der Waals surface area (Å²) in [6.45, 7) is 2.20. The molecule has 1 aromatic carbocycles. The Morgan fingerprint density at radius 3 is 2.57 bits per heavy atom. The van der Waals surface area contributed by atoms with Crippen LogP contribution in [0.2, 0.25) is 0 Å². The number of amides is 1. The van der Waals surface area contributed by atoms with E-state index < -0.39 is 12.4 Å². The van der Waals surface area contributed by atoms with E-state index >= 15 is 0 Å². The highest BCUT2D eigenvalue weighted by molar-refractivity contribution is 5.80. The van der Waals surface area contributed by atoms with Gasteiger partial charge in [0.25, 0.3) is 5.91 Å². The van der Waals surface area contributed by atoms with E-state index in [0.29, 0.717) is 13.0 Å². The van der Waals surface area contributed by atoms with Crippen LogP contribution in [0.1, 0.15) is 31.1 Å². The number of carbonyl (C=O) groups excluding carboxylic acids is 1. The van der Waals surface area contributed by atoms with Crippen LogP contribution in [0.4, 0.5) is 0 Å². The topological polar surface area (TPSA) is 42.0 Å². The van der Waals surface area contributed by atoms with Crippen LogP contribution in [0.15, 0.2) is 30.3 Å². The lowest BCUT2D eigenvalue weighted by Gasteiger charge is -2.32. The predicted octanol–water partition coefficient (Wildman–Crippen LogP) is 2.04. The monoisotopic (exact) mass is 318 g/mol. The van der Waals surface area contributed by atoms with Gasteiger partial charge in [0.05, 0.1) is 6.61 Å². The fourth-order valence-electron chi connectivity index (χ4n) is 2.87. The molecule has 2 aliphatic rings. The van der Waals surface area contributed by atoms with Crippen LogP contribution < -0.4 is 0 Å². The van der Waals surface area contributed by atoms with Crippen molar-refractivity contribution in [3.8, 4) is 0 Å². The third-order valence-electron chi connectivity index (χ3n) is 4.62. The van der Waals surface area contributed by atoms with E-state index in [-0.39, 0.29) is 5.91 Å². The van der Waals surface area contributed by atoms with Crippen molar-refractivity contribution in [2.24, 2.45) is 0 Å². The number of hydrogen-bond acceptors (Lipinski definition) is 4. The first-order valence-electron chi connectivity index (χ1n) is 8.42. The van der Waals surface area contributed by atoms with Crippen molar-refractivity contribution in [3.63, 3.8) is 0 Å². The van der Waals surface area contributed by atoms with Gasteiger partial charge in [-0.2, -0.15) is 0 Å². The zero-order valence-electron chi connectivity index (χ0n) is 14.0. The minimum atomic E-state index is -0.443. The SMILES string of the molecule is CN(CCN(C)C1CC1)C(=O)[C@@H]1CCO[C@H](c2ccccc2)O1. The van der Waals surface area contributed by atoms with E-state index in [9.17, 15) is 4.79 Å². The molecule has 0 bridgehead atoms. The maximum atomic E-state index is 12.6. The van der Waals surface area contributed by atoms with Crippen LogP contribution in [0, 0.1) is 0 Å². The van der Waals surface area contributed by atoms with Crippen molar-refractivity contribution in [2.75, 3.05) is 33.8 Å². The van der Waals surface area contributed by atoms with Crippen molar-refractivity contribution in [3.05, 3.63) is 35.9 Å². The fraction of sp³-hybridized carbons (Fsp3) is 0.611. The van der Waals surface area contributed by atoms with Crippen LogP contribution in [0.5, 0.6) is 0 Å². The predicted molar refractivity (Wildman–Crippen MR) is 87.9 cm³/mol. The van der Waals surface area contributed by atoms with Crippen molar-refractivity contribution >= 4 is 5.91 Å². The highest BCUT2D eigenvalue weighted by Crippen LogP contribution is 2.27. The van der Waals surface area contributed by atoms with Crippen molar-refractivity contribution < 1.29 is 14.3 Å². The van der Waals surface area contributed by atoms with Crippen LogP contribution in [-0.2, 0) is 14.3 Å². The molecule has 2 atom stereocenters. The third-order valence-corrected chi connectivity index (χ3v) is 4.62. The second kappa shape index (κ2) is 7.43. The minimum absolute atomic E-state index is 0.0541. The number of carbonyl (C=O) groups is 1. The number of hydrogen-bond donors (Lipinski definition) is 0. The summed E-state index contributed by atoms with van der Waals surface area (Å²) >= 11 is 0. The number of rotatable bonds is 6. The molecule has 2 fully saturated rings. The Morgan fingerprint density at radius 2 is 1.87 bits per heavy atom. The number of likely N-dealkylation sites (N-methyl/N-ethyl adjacent to an activating group) is 2. The lowest BCUT2D eigenvalue weighted by Crippen LogP contribution is -2.44. The fourth-order valence-corrected chi connectivity index (χ4v) is 2.87. The van der Waals surface area contributed by atoms with Gasteiger partial charge in [0.2, 0.25) is 0 Å². The molecule has 0 N–H and O–H groups in total. The van der Waals surface area contributed by atoms with Crippen LogP contribution >= 0.6 is 0 Å². The van der Waals surface area contributed by atoms with E-state index in [2.05, 4.69) is 11.9 Å². The lowest BCUT2D eigenvalue weighted by atomic mass is 10.1. The first-order valence-corrected chi connectivity index (χ1v) is 8.42. The Morgan fingerprint density at radius 1 is 1.13 bits per heavy atom. The maximum Gasteiger partial charge on any atom is 0.251 e. The zero-order chi connectivity index (χ0) is 16.2. The van der Waals surface area contributed by atoms with Gasteiger partial charge >= 0.3 is 0 Å². The van der Waals surface area contributed by atoms with Gasteiger partial charge in [0, 0.05) is 38.2 Å². The summed E-state index contributed by atoms with van der Waals surface area (Å²) in [6, 6.07) is 10.5. The van der Waals surface area contributed by atoms with E-state index in [1.54, 1.807) is 4.90 Å². The average Bonchev–Trinajstić information content (AvgIpc) is 3.45. The molecule has 1 heterocycles. The molecule has 0 spiro atoms. The first kappa shape index (κ1) is 16.4. The zero-order valence-corrected chi connectivity index (χ0v) is 14.0. The van der Waals surface area contributed by atoms with Crippen molar-refractivity contribution in [2.45, 2.75) is 37.7 Å². The molecule has 1 aliphatic heterocycles. The maximum absolute atomic E-state index is 12.6. The highest BCUT2D eigenvalue weighted by atomic mass is 16.7. The normalized spacial score (nSPS) is 24.7. The molecule has 0 radical (unpaired) electrons. The van der Waals surface area contributed by atoms with E-state index in [1.165, 1.54) is 12.8 Å². The van der Waals surface area contributed by atoms with Gasteiger partial charge in [-0.3, -0.25) is 4.79 Å². The van der Waals surface area contributed by atoms with Gasteiger partial charge in [-0.05, 0) is 19.9 Å². The summed E-state index contributed by atoms with van der Waals surface area (Å²) in [5, 5.41) is 0. The van der Waals surface area contributed by atoms with Gasteiger partial charge < -0.3 is 19.3 Å². The van der Waals surface area contributed by atoms with Crippen LogP contribution in [0.25, 0.3) is 0 Å². The Bertz CT molecular complexity index is 518. The molecule has 1 amide bonds. The second-order valence-electron chi connectivity index (χ2n) is 6.50. The van der Waals surface area contributed by atoms with Crippen LogP contribution in [-0.4, -0.2) is 61.6 Å². The lowest BCUT2D eigenvalue weighted by molar-refractivity contribution is -0.220. The molecule has 5 heteroatoms. The van der Waals surface area contributed by atoms with Crippen molar-refractivity contribution in [1.29, 1.82) is 0 Å². The van der Waals surface area contributed by atoms with Gasteiger partial charge in [-0.25, -0.2) is 0 Å². The van der Waals surface area contributed by atoms with Gasteiger partial charge in [0.1, 0.15) is 6.10 Å². The quantitative estimate of drug-likeness (QED) is 0.805. The van der Waals surface area contributed by atoms with Gasteiger partial charge in [0.15, 0.2) is 6.29 Å². The summed E-state index contributed by atoms with van der Waals surface area (Å²) in [7, 11) is 3.99. The smallest absolute Gasteiger partial charge is 0.251 e. The summed E-state index contributed by atoms with van der Waals surface area (Å²) in [5.74, 6) is 0.0541. The van der Waals surface area contributed by atoms with Gasteiger partial charge in [-0.15, -0.1) is 0 Å². The number of ether oxygens (including phenoxy) is 2. The molecule has 0 aromatic heterocycles. The molecule has 5 nitrogen and oxygen atoms in total. The van der Waals surface area contributed by atoms with Crippen LogP contribution in [0.3, 0.4) is 0 Å². The largest absolute Gasteiger partial charge is 0.348 e. The third kappa shape index (κ3) is 4.31. The average molecular weight is 318 g/mol. The molecule has 3 rings (SSSR count). The summed E-state index contributed by atoms with van der Waals surface area (Å²) < 4.78 is 11.6. The van der Waals surface area contributed by atoms with E-state index in [4.69, 9.17) is 9.47 Å². The van der Waals surface area contributed by atoms with Gasteiger partial charge in [-0.1, -0.05) is 30.3 Å². The minimum Gasteiger partial charge on any atom is -0.348 e. The summed E-state index contributed by atoms with van der Waals surface area (Å²) in [4.78, 5) is 16.7. The second-order valence-corrected chi connectivity index (χ2v) is 6.50. The number of nitrogens with zero attached hydrogens (tertiary/aromatic N) is 2. The molecular weight excluding hydrogens is 292 g/mol. The van der Waals surface area contributed by atoms with E-state index in [0.717, 1.165) is 24.7 Å². The Hall–Kier alpha value is -1.43. The molecule has 1 saturated carbocycles.